The quantitative estimate of drug-likeness (QED) is 0.801. The molecule has 0 aromatic carbocycles. The van der Waals surface area contributed by atoms with Gasteiger partial charge in [0.1, 0.15) is 6.04 Å². The van der Waals surface area contributed by atoms with E-state index >= 15 is 0 Å². The van der Waals surface area contributed by atoms with Crippen LogP contribution in [-0.4, -0.2) is 35.1 Å². The van der Waals surface area contributed by atoms with Crippen LogP contribution in [0.4, 0.5) is 0 Å². The number of carbonyl (C=O) groups is 1. The molecule has 0 bridgehead atoms. The second-order valence-corrected chi connectivity index (χ2v) is 5.63. The molecule has 3 heteroatoms. The first kappa shape index (κ1) is 11.9. The lowest BCUT2D eigenvalue weighted by Crippen LogP contribution is -2.39. The van der Waals surface area contributed by atoms with Gasteiger partial charge in [-0.15, -0.1) is 0 Å². The highest BCUT2D eigenvalue weighted by molar-refractivity contribution is 5.73. The summed E-state index contributed by atoms with van der Waals surface area (Å²) in [5, 5.41) is 9.12. The van der Waals surface area contributed by atoms with Gasteiger partial charge >= 0.3 is 5.97 Å². The Morgan fingerprint density at radius 2 is 2.12 bits per heavy atom. The van der Waals surface area contributed by atoms with Crippen molar-refractivity contribution in [1.29, 1.82) is 0 Å². The van der Waals surface area contributed by atoms with Gasteiger partial charge in [-0.25, -0.2) is 0 Å². The molecule has 92 valence electrons. The lowest BCUT2D eigenvalue weighted by molar-refractivity contribution is -0.142. The van der Waals surface area contributed by atoms with E-state index in [4.69, 9.17) is 5.11 Å². The van der Waals surface area contributed by atoms with Gasteiger partial charge in [0.25, 0.3) is 0 Å². The summed E-state index contributed by atoms with van der Waals surface area (Å²) < 4.78 is 0. The lowest BCUT2D eigenvalue weighted by atomic mass is 9.82. The van der Waals surface area contributed by atoms with E-state index in [0.717, 1.165) is 37.8 Å². The topological polar surface area (TPSA) is 40.5 Å². The first-order valence-electron chi connectivity index (χ1n) is 6.63. The van der Waals surface area contributed by atoms with E-state index in [0.29, 0.717) is 0 Å². The van der Waals surface area contributed by atoms with Gasteiger partial charge in [-0.2, -0.15) is 0 Å². The molecule has 2 aliphatic rings. The number of carboxylic acids is 1. The molecule has 3 atom stereocenters. The smallest absolute Gasteiger partial charge is 0.320 e. The number of hydrogen-bond acceptors (Lipinski definition) is 2. The monoisotopic (exact) mass is 225 g/mol. The van der Waals surface area contributed by atoms with Crippen molar-refractivity contribution in [2.24, 2.45) is 11.8 Å². The summed E-state index contributed by atoms with van der Waals surface area (Å²) in [6.07, 6.45) is 7.18. The number of hydrogen-bond donors (Lipinski definition) is 1. The zero-order chi connectivity index (χ0) is 11.5. The Hall–Kier alpha value is -0.570. The predicted octanol–water partition coefficient (Wildman–Crippen LogP) is 2.36. The number of nitrogens with zero attached hydrogens (tertiary/aromatic N) is 1. The average molecular weight is 225 g/mol. The Bertz CT molecular complexity index is 254. The Kier molecular flexibility index (Phi) is 3.85. The maximum Gasteiger partial charge on any atom is 0.320 e. The van der Waals surface area contributed by atoms with E-state index in [1.165, 1.54) is 25.7 Å². The molecule has 1 saturated carbocycles. The van der Waals surface area contributed by atoms with E-state index in [-0.39, 0.29) is 6.04 Å². The summed E-state index contributed by atoms with van der Waals surface area (Å²) in [5.41, 5.74) is 0. The summed E-state index contributed by atoms with van der Waals surface area (Å²) in [6.45, 7) is 4.33. The minimum absolute atomic E-state index is 0.197. The molecule has 1 aliphatic carbocycles. The van der Waals surface area contributed by atoms with Gasteiger partial charge in [0.2, 0.25) is 0 Å². The molecule has 0 radical (unpaired) electrons. The normalized spacial score (nSPS) is 36.4. The lowest BCUT2D eigenvalue weighted by Gasteiger charge is -2.31. The first-order chi connectivity index (χ1) is 7.66. The Morgan fingerprint density at radius 3 is 2.81 bits per heavy atom. The maximum absolute atomic E-state index is 11.1. The van der Waals surface area contributed by atoms with Gasteiger partial charge in [0.05, 0.1) is 0 Å². The van der Waals surface area contributed by atoms with E-state index < -0.39 is 5.97 Å². The van der Waals surface area contributed by atoms with E-state index in [2.05, 4.69) is 11.8 Å². The molecule has 2 unspecified atom stereocenters. The van der Waals surface area contributed by atoms with Crippen LogP contribution in [0.2, 0.25) is 0 Å². The third kappa shape index (κ3) is 2.76. The van der Waals surface area contributed by atoms with Crippen LogP contribution >= 0.6 is 0 Å². The third-order valence-electron chi connectivity index (χ3n) is 4.19. The molecule has 1 N–H and O–H groups in total. The van der Waals surface area contributed by atoms with Crippen molar-refractivity contribution < 1.29 is 9.90 Å². The highest BCUT2D eigenvalue weighted by Gasteiger charge is 2.32. The van der Waals surface area contributed by atoms with Gasteiger partial charge < -0.3 is 5.11 Å². The van der Waals surface area contributed by atoms with Crippen LogP contribution in [0, 0.1) is 11.8 Å². The van der Waals surface area contributed by atoms with Gasteiger partial charge in [-0.05, 0) is 44.1 Å². The summed E-state index contributed by atoms with van der Waals surface area (Å²) in [5.74, 6) is 0.953. The second kappa shape index (κ2) is 5.17. The van der Waals surface area contributed by atoms with Crippen molar-refractivity contribution in [3.63, 3.8) is 0 Å². The fourth-order valence-corrected chi connectivity index (χ4v) is 3.38. The van der Waals surface area contributed by atoms with Crippen LogP contribution in [-0.2, 0) is 4.79 Å². The molecule has 0 aromatic heterocycles. The van der Waals surface area contributed by atoms with Gasteiger partial charge in [-0.3, -0.25) is 9.69 Å². The van der Waals surface area contributed by atoms with Crippen molar-refractivity contribution in [2.45, 2.75) is 51.5 Å². The molecule has 3 nitrogen and oxygen atoms in total. The molecular weight excluding hydrogens is 202 g/mol. The van der Waals surface area contributed by atoms with Gasteiger partial charge in [-0.1, -0.05) is 19.8 Å². The first-order valence-corrected chi connectivity index (χ1v) is 6.63. The molecule has 2 rings (SSSR count). The third-order valence-corrected chi connectivity index (χ3v) is 4.19. The SMILES string of the molecule is CC1CCCC(CN2CCC[C@H]2C(=O)O)C1. The minimum Gasteiger partial charge on any atom is -0.480 e. The Morgan fingerprint density at radius 1 is 1.31 bits per heavy atom. The van der Waals surface area contributed by atoms with Crippen LogP contribution < -0.4 is 0 Å². The van der Waals surface area contributed by atoms with Crippen molar-refractivity contribution in [1.82, 2.24) is 4.90 Å². The molecule has 0 spiro atoms. The number of aliphatic carboxylic acids is 1. The molecular formula is C13H23NO2. The largest absolute Gasteiger partial charge is 0.480 e. The van der Waals surface area contributed by atoms with Gasteiger partial charge in [0.15, 0.2) is 0 Å². The standard InChI is InChI=1S/C13H23NO2/c1-10-4-2-5-11(8-10)9-14-7-3-6-12(14)13(15)16/h10-12H,2-9H2,1H3,(H,15,16)/t10?,11?,12-/m0/s1. The Labute approximate surface area is 97.8 Å². The fraction of sp³-hybridized carbons (Fsp3) is 0.923. The van der Waals surface area contributed by atoms with Crippen molar-refractivity contribution in [2.75, 3.05) is 13.1 Å². The number of likely N-dealkylation sites (tertiary alicyclic amines) is 1. The minimum atomic E-state index is -0.624. The number of rotatable bonds is 3. The van der Waals surface area contributed by atoms with Crippen LogP contribution in [0.5, 0.6) is 0 Å². The summed E-state index contributed by atoms with van der Waals surface area (Å²) in [6, 6.07) is -0.197. The fourth-order valence-electron chi connectivity index (χ4n) is 3.38. The molecule has 16 heavy (non-hydrogen) atoms. The maximum atomic E-state index is 11.1. The highest BCUT2D eigenvalue weighted by Crippen LogP contribution is 2.30. The average Bonchev–Trinajstić information content (AvgIpc) is 2.66. The van der Waals surface area contributed by atoms with E-state index in [9.17, 15) is 4.79 Å². The molecule has 1 aliphatic heterocycles. The zero-order valence-corrected chi connectivity index (χ0v) is 10.2. The van der Waals surface area contributed by atoms with Crippen molar-refractivity contribution >= 4 is 5.97 Å². The molecule has 2 fully saturated rings. The highest BCUT2D eigenvalue weighted by atomic mass is 16.4. The predicted molar refractivity (Wildman–Crippen MR) is 63.4 cm³/mol. The van der Waals surface area contributed by atoms with Crippen LogP contribution in [0.1, 0.15) is 45.4 Å². The summed E-state index contributed by atoms with van der Waals surface area (Å²) >= 11 is 0. The Balaban J connectivity index is 1.86. The van der Waals surface area contributed by atoms with Crippen molar-refractivity contribution in [3.8, 4) is 0 Å². The molecule has 1 heterocycles. The van der Waals surface area contributed by atoms with Crippen LogP contribution in [0.3, 0.4) is 0 Å². The van der Waals surface area contributed by atoms with E-state index in [1.807, 2.05) is 0 Å². The molecule has 1 saturated heterocycles. The van der Waals surface area contributed by atoms with Crippen LogP contribution in [0.15, 0.2) is 0 Å². The summed E-state index contributed by atoms with van der Waals surface area (Å²) in [4.78, 5) is 13.3. The summed E-state index contributed by atoms with van der Waals surface area (Å²) in [7, 11) is 0. The van der Waals surface area contributed by atoms with Gasteiger partial charge in [0, 0.05) is 6.54 Å². The van der Waals surface area contributed by atoms with E-state index in [1.54, 1.807) is 0 Å². The molecule has 0 amide bonds. The zero-order valence-electron chi connectivity index (χ0n) is 10.2. The second-order valence-electron chi connectivity index (χ2n) is 5.63. The van der Waals surface area contributed by atoms with Crippen LogP contribution in [0.25, 0.3) is 0 Å². The molecule has 0 aromatic rings. The number of carboxylic acid groups (broad SMARTS) is 1. The van der Waals surface area contributed by atoms with Crippen molar-refractivity contribution in [3.05, 3.63) is 0 Å².